The smallest absolute Gasteiger partial charge is 0.407 e. The number of fused-ring (bicyclic) bond motifs is 1. The minimum Gasteiger partial charge on any atom is -0.465 e. The van der Waals surface area contributed by atoms with Crippen LogP contribution < -0.4 is 0 Å². The van der Waals surface area contributed by atoms with Gasteiger partial charge in [0.25, 0.3) is 0 Å². The van der Waals surface area contributed by atoms with Crippen molar-refractivity contribution >= 4 is 27.5 Å². The van der Waals surface area contributed by atoms with E-state index in [1.807, 2.05) is 17.5 Å². The molecule has 1 aliphatic rings. The Morgan fingerprint density at radius 1 is 1.58 bits per heavy atom. The predicted molar refractivity (Wildman–Crippen MR) is 72.4 cm³/mol. The number of hydrogen-bond acceptors (Lipinski definition) is 3. The molecule has 0 bridgehead atoms. The zero-order chi connectivity index (χ0) is 13.6. The average Bonchev–Trinajstić information content (AvgIpc) is 2.95. The maximum atomic E-state index is 11.0. The maximum absolute atomic E-state index is 11.0. The Kier molecular flexibility index (Phi) is 2.93. The molecule has 6 nitrogen and oxygen atoms in total. The standard InChI is InChI=1S/C12H13BrN4O2/c1-7-9-10(13)15-11(17(9)5-3-14-7)8-2-4-16(6-8)12(18)19/h3,5,8H,2,4,6H2,1H3,(H,18,19). The van der Waals surface area contributed by atoms with Crippen LogP contribution in [-0.2, 0) is 0 Å². The van der Waals surface area contributed by atoms with Crippen molar-refractivity contribution in [2.45, 2.75) is 19.3 Å². The number of likely N-dealkylation sites (tertiary alicyclic amines) is 1. The molecule has 1 amide bonds. The molecular weight excluding hydrogens is 312 g/mol. The first kappa shape index (κ1) is 12.4. The van der Waals surface area contributed by atoms with Gasteiger partial charge in [0.15, 0.2) is 0 Å². The number of rotatable bonds is 1. The van der Waals surface area contributed by atoms with E-state index in [-0.39, 0.29) is 5.92 Å². The molecule has 1 saturated heterocycles. The van der Waals surface area contributed by atoms with Crippen molar-refractivity contribution in [1.29, 1.82) is 0 Å². The monoisotopic (exact) mass is 324 g/mol. The second-order valence-electron chi connectivity index (χ2n) is 4.71. The zero-order valence-corrected chi connectivity index (χ0v) is 12.0. The molecule has 0 aliphatic carbocycles. The molecule has 0 aromatic carbocycles. The lowest BCUT2D eigenvalue weighted by molar-refractivity contribution is 0.155. The molecule has 7 heteroatoms. The molecule has 3 heterocycles. The number of nitrogens with zero attached hydrogens (tertiary/aromatic N) is 4. The van der Waals surface area contributed by atoms with Crippen LogP contribution in [0.15, 0.2) is 17.0 Å². The van der Waals surface area contributed by atoms with Gasteiger partial charge >= 0.3 is 6.09 Å². The van der Waals surface area contributed by atoms with Crippen LogP contribution >= 0.6 is 15.9 Å². The van der Waals surface area contributed by atoms with Crippen LogP contribution in [0.3, 0.4) is 0 Å². The predicted octanol–water partition coefficient (Wildman–Crippen LogP) is 2.27. The second-order valence-corrected chi connectivity index (χ2v) is 5.46. The van der Waals surface area contributed by atoms with E-state index in [9.17, 15) is 4.79 Å². The molecule has 1 fully saturated rings. The minimum absolute atomic E-state index is 0.136. The van der Waals surface area contributed by atoms with E-state index in [0.717, 1.165) is 28.1 Å². The summed E-state index contributed by atoms with van der Waals surface area (Å²) in [6.07, 6.45) is 3.56. The number of aromatic nitrogens is 3. The average molecular weight is 325 g/mol. The van der Waals surface area contributed by atoms with E-state index in [1.165, 1.54) is 4.90 Å². The third kappa shape index (κ3) is 1.98. The summed E-state index contributed by atoms with van der Waals surface area (Å²) in [6.45, 7) is 3.00. The van der Waals surface area contributed by atoms with E-state index in [4.69, 9.17) is 5.11 Å². The van der Waals surface area contributed by atoms with Gasteiger partial charge in [0.1, 0.15) is 15.9 Å². The number of carboxylic acid groups (broad SMARTS) is 1. The van der Waals surface area contributed by atoms with Crippen LogP contribution in [0.4, 0.5) is 4.79 Å². The van der Waals surface area contributed by atoms with Gasteiger partial charge in [-0.1, -0.05) is 0 Å². The molecule has 1 unspecified atom stereocenters. The molecule has 1 N–H and O–H groups in total. The Hall–Kier alpha value is -1.63. The normalized spacial score (nSPS) is 19.3. The van der Waals surface area contributed by atoms with E-state index < -0.39 is 6.09 Å². The SMILES string of the molecule is Cc1nccn2c(C3CCN(C(=O)O)C3)nc(Br)c12. The summed E-state index contributed by atoms with van der Waals surface area (Å²) in [7, 11) is 0. The van der Waals surface area contributed by atoms with Crippen LogP contribution in [0.5, 0.6) is 0 Å². The van der Waals surface area contributed by atoms with Gasteiger partial charge in [-0.15, -0.1) is 0 Å². The van der Waals surface area contributed by atoms with E-state index in [1.54, 1.807) is 6.20 Å². The summed E-state index contributed by atoms with van der Waals surface area (Å²) in [4.78, 5) is 21.2. The number of halogens is 1. The molecule has 0 radical (unpaired) electrons. The minimum atomic E-state index is -0.861. The van der Waals surface area contributed by atoms with Crippen molar-refractivity contribution in [1.82, 2.24) is 19.3 Å². The summed E-state index contributed by atoms with van der Waals surface area (Å²) in [5, 5.41) is 9.02. The Bertz CT molecular complexity index is 654. The summed E-state index contributed by atoms with van der Waals surface area (Å²) in [5.41, 5.74) is 1.85. The van der Waals surface area contributed by atoms with Crippen LogP contribution in [-0.4, -0.2) is 43.6 Å². The van der Waals surface area contributed by atoms with E-state index in [0.29, 0.717) is 13.1 Å². The van der Waals surface area contributed by atoms with Crippen LogP contribution in [0.1, 0.15) is 23.9 Å². The van der Waals surface area contributed by atoms with Crippen molar-refractivity contribution in [2.24, 2.45) is 0 Å². The molecule has 3 rings (SSSR count). The fourth-order valence-corrected chi connectivity index (χ4v) is 3.26. The third-order valence-electron chi connectivity index (χ3n) is 3.55. The fraction of sp³-hybridized carbons (Fsp3) is 0.417. The van der Waals surface area contributed by atoms with E-state index in [2.05, 4.69) is 25.9 Å². The lowest BCUT2D eigenvalue weighted by Gasteiger charge is -2.11. The largest absolute Gasteiger partial charge is 0.465 e. The lowest BCUT2D eigenvalue weighted by atomic mass is 10.1. The topological polar surface area (TPSA) is 70.7 Å². The molecule has 2 aromatic heterocycles. The van der Waals surface area contributed by atoms with Crippen molar-refractivity contribution in [3.63, 3.8) is 0 Å². The van der Waals surface area contributed by atoms with Crippen LogP contribution in [0.25, 0.3) is 5.52 Å². The molecule has 0 spiro atoms. The molecular formula is C12H13BrN4O2. The van der Waals surface area contributed by atoms with Crippen molar-refractivity contribution in [3.05, 3.63) is 28.5 Å². The Balaban J connectivity index is 2.03. The summed E-state index contributed by atoms with van der Waals surface area (Å²) in [6, 6.07) is 0. The van der Waals surface area contributed by atoms with Crippen molar-refractivity contribution in [3.8, 4) is 0 Å². The highest BCUT2D eigenvalue weighted by atomic mass is 79.9. The number of hydrogen-bond donors (Lipinski definition) is 1. The lowest BCUT2D eigenvalue weighted by Crippen LogP contribution is -2.26. The summed E-state index contributed by atoms with van der Waals surface area (Å²) in [5.74, 6) is 1.04. The highest BCUT2D eigenvalue weighted by molar-refractivity contribution is 9.10. The zero-order valence-electron chi connectivity index (χ0n) is 10.4. The second kappa shape index (κ2) is 4.48. The van der Waals surface area contributed by atoms with Gasteiger partial charge in [-0.05, 0) is 29.3 Å². The maximum Gasteiger partial charge on any atom is 0.407 e. The molecule has 1 aliphatic heterocycles. The highest BCUT2D eigenvalue weighted by Gasteiger charge is 2.30. The summed E-state index contributed by atoms with van der Waals surface area (Å²) < 4.78 is 2.77. The number of carbonyl (C=O) groups is 1. The Morgan fingerprint density at radius 3 is 3.05 bits per heavy atom. The quantitative estimate of drug-likeness (QED) is 0.873. The Morgan fingerprint density at radius 2 is 2.37 bits per heavy atom. The highest BCUT2D eigenvalue weighted by Crippen LogP contribution is 2.30. The first-order valence-corrected chi connectivity index (χ1v) is 6.84. The van der Waals surface area contributed by atoms with Crippen LogP contribution in [0, 0.1) is 6.92 Å². The Labute approximate surface area is 118 Å². The van der Waals surface area contributed by atoms with Gasteiger partial charge in [-0.3, -0.25) is 9.38 Å². The molecule has 0 saturated carbocycles. The van der Waals surface area contributed by atoms with Gasteiger partial charge in [-0.25, -0.2) is 9.78 Å². The number of imidazole rings is 1. The molecule has 100 valence electrons. The number of aryl methyl sites for hydroxylation is 1. The van der Waals surface area contributed by atoms with Gasteiger partial charge in [-0.2, -0.15) is 0 Å². The fourth-order valence-electron chi connectivity index (χ4n) is 2.60. The van der Waals surface area contributed by atoms with Gasteiger partial charge in [0, 0.05) is 31.4 Å². The first-order valence-electron chi connectivity index (χ1n) is 6.05. The number of amides is 1. The van der Waals surface area contributed by atoms with Crippen LogP contribution in [0.2, 0.25) is 0 Å². The van der Waals surface area contributed by atoms with E-state index >= 15 is 0 Å². The van der Waals surface area contributed by atoms with Crippen molar-refractivity contribution < 1.29 is 9.90 Å². The third-order valence-corrected chi connectivity index (χ3v) is 4.10. The molecule has 19 heavy (non-hydrogen) atoms. The van der Waals surface area contributed by atoms with Gasteiger partial charge < -0.3 is 10.0 Å². The van der Waals surface area contributed by atoms with Gasteiger partial charge in [0.05, 0.1) is 5.69 Å². The molecule has 1 atom stereocenters. The first-order chi connectivity index (χ1) is 9.08. The molecule has 2 aromatic rings. The van der Waals surface area contributed by atoms with Crippen molar-refractivity contribution in [2.75, 3.05) is 13.1 Å². The summed E-state index contributed by atoms with van der Waals surface area (Å²) >= 11 is 3.46. The van der Waals surface area contributed by atoms with Gasteiger partial charge in [0.2, 0.25) is 0 Å².